The Labute approximate surface area is 508 Å². The average Bonchev–Trinajstić information content (AvgIpc) is 3.46. The number of aliphatic carboxylic acids is 1. The number of quaternary nitrogens is 1. The molecular weight excluding hydrogens is 1030 g/mol. The van der Waals surface area contributed by atoms with Crippen LogP contribution in [0.1, 0.15) is 232 Å². The number of hydrogen-bond donors (Lipinski definition) is 0. The van der Waals surface area contributed by atoms with E-state index in [9.17, 15) is 19.5 Å². The summed E-state index contributed by atoms with van der Waals surface area (Å²) in [5.41, 5.74) is 0. The number of unbranched alkanes of at least 4 members (excludes halogenated alkanes) is 17. The highest BCUT2D eigenvalue weighted by Crippen LogP contribution is 2.16. The zero-order valence-electron chi connectivity index (χ0n) is 53.2. The van der Waals surface area contributed by atoms with Crippen LogP contribution in [0.4, 0.5) is 0 Å². The van der Waals surface area contributed by atoms with E-state index in [4.69, 9.17) is 18.9 Å². The maximum absolute atomic E-state index is 12.9. The third kappa shape index (κ3) is 64.3. The van der Waals surface area contributed by atoms with Gasteiger partial charge in [0.2, 0.25) is 0 Å². The first-order valence-corrected chi connectivity index (χ1v) is 32.6. The molecule has 0 aliphatic rings. The Hall–Kier alpha value is -5.09. The van der Waals surface area contributed by atoms with Gasteiger partial charge in [-0.15, -0.1) is 0 Å². The molecule has 0 aromatic carbocycles. The number of carboxylic acids is 1. The number of nitrogens with zero attached hydrogens (tertiary/aromatic N) is 1. The van der Waals surface area contributed by atoms with Gasteiger partial charge < -0.3 is 33.3 Å². The molecule has 0 heterocycles. The molecule has 9 heteroatoms. The highest BCUT2D eigenvalue weighted by molar-refractivity contribution is 5.70. The zero-order chi connectivity index (χ0) is 60.5. The molecule has 2 atom stereocenters. The van der Waals surface area contributed by atoms with E-state index >= 15 is 0 Å². The van der Waals surface area contributed by atoms with Crippen molar-refractivity contribution in [3.63, 3.8) is 0 Å². The molecule has 83 heavy (non-hydrogen) atoms. The van der Waals surface area contributed by atoms with Crippen LogP contribution in [0.2, 0.25) is 0 Å². The molecule has 0 aliphatic carbocycles. The summed E-state index contributed by atoms with van der Waals surface area (Å²) >= 11 is 0. The lowest BCUT2D eigenvalue weighted by molar-refractivity contribution is -0.870. The second-order valence-electron chi connectivity index (χ2n) is 22.3. The quantitative estimate of drug-likeness (QED) is 0.0195. The summed E-state index contributed by atoms with van der Waals surface area (Å²) < 4.78 is 22.6. The summed E-state index contributed by atoms with van der Waals surface area (Å²) in [7, 11) is 5.90. The van der Waals surface area contributed by atoms with Crippen molar-refractivity contribution in [2.45, 2.75) is 245 Å². The Morgan fingerprint density at radius 3 is 1.01 bits per heavy atom. The maximum Gasteiger partial charge on any atom is 0.306 e. The molecule has 0 aromatic rings. The van der Waals surface area contributed by atoms with Gasteiger partial charge in [0.05, 0.1) is 40.3 Å². The van der Waals surface area contributed by atoms with Gasteiger partial charge in [0.15, 0.2) is 12.4 Å². The van der Waals surface area contributed by atoms with Crippen LogP contribution in [-0.2, 0) is 33.3 Å². The number of carboxylic acid groups (broad SMARTS) is 1. The lowest BCUT2D eigenvalue weighted by Gasteiger charge is -2.26. The van der Waals surface area contributed by atoms with Gasteiger partial charge >= 0.3 is 11.9 Å². The second-order valence-corrected chi connectivity index (χ2v) is 22.3. The van der Waals surface area contributed by atoms with Gasteiger partial charge in [0.1, 0.15) is 13.2 Å². The number of rotatable bonds is 58. The summed E-state index contributed by atoms with van der Waals surface area (Å²) in [4.78, 5) is 37.3. The van der Waals surface area contributed by atoms with E-state index < -0.39 is 30.3 Å². The predicted molar refractivity (Wildman–Crippen MR) is 352 cm³/mol. The van der Waals surface area contributed by atoms with E-state index in [1.54, 1.807) is 0 Å². The lowest BCUT2D eigenvalue weighted by atomic mass is 10.0. The van der Waals surface area contributed by atoms with Gasteiger partial charge in [-0.2, -0.15) is 0 Å². The number of carbonyl (C=O) groups is 3. The van der Waals surface area contributed by atoms with Crippen molar-refractivity contribution in [2.24, 2.45) is 0 Å². The minimum absolute atomic E-state index is 0.130. The lowest BCUT2D eigenvalue weighted by Crippen LogP contribution is -2.44. The molecule has 0 aromatic heterocycles. The topological polar surface area (TPSA) is 111 Å². The van der Waals surface area contributed by atoms with Crippen LogP contribution in [-0.4, -0.2) is 82.3 Å². The van der Waals surface area contributed by atoms with Crippen molar-refractivity contribution in [3.8, 4) is 0 Å². The van der Waals surface area contributed by atoms with Crippen molar-refractivity contribution in [2.75, 3.05) is 47.5 Å². The Kier molecular flexibility index (Phi) is 59.1. The fourth-order valence-corrected chi connectivity index (χ4v) is 8.37. The molecule has 0 bridgehead atoms. The SMILES string of the molecule is CC/C=C\C/C=C\C/C=C\C/C=C\C/C=C\C/C=C\C/C=C\CCCCCCCCCCCCCCCCCCCC(=O)OC(COC(=O)CC/C=C\C/C=C\C/C=C\C/C=C\C/C=C\C/C=C\CC)COC(OCC[N+](C)(C)C)C(=O)[O-]. The normalized spacial score (nSPS) is 13.8. The summed E-state index contributed by atoms with van der Waals surface area (Å²) in [5.74, 6) is -2.40. The largest absolute Gasteiger partial charge is 0.545 e. The van der Waals surface area contributed by atoms with Crippen molar-refractivity contribution < 1.29 is 42.9 Å². The number of allylic oxidation sites excluding steroid dienone is 26. The smallest absolute Gasteiger partial charge is 0.306 e. The summed E-state index contributed by atoms with van der Waals surface area (Å²) in [6.45, 7) is 4.42. The molecule has 0 fully saturated rings. The number of hydrogen-bond acceptors (Lipinski definition) is 8. The van der Waals surface area contributed by atoms with E-state index in [-0.39, 0.29) is 32.7 Å². The molecule has 0 saturated heterocycles. The molecule has 0 N–H and O–H groups in total. The standard InChI is InChI=1S/C74H119NO8/c1-6-8-10-12-14-16-18-20-22-24-26-27-28-29-30-31-32-33-34-35-36-37-38-39-40-41-42-43-44-45-47-49-51-53-55-57-59-61-63-65-72(77)83-70(69-82-74(73(78)79)80-67-66-75(3,4)5)68-81-71(76)64-62-60-58-56-54-52-50-48-46-25-23-21-19-17-15-13-11-9-7-2/h8-11,14-17,20-23,26-27,29-30,32-33,35-36,46,48,52,54,58,60,70,74H,6-7,12-13,18-19,24-25,28,31,34,37-45,47,49-51,53,55-57,59,61-69H2,1-5H3/b10-8-,11-9-,16-14-,17-15-,22-20-,23-21-,27-26-,30-29-,33-32-,36-35-,48-46-,54-52-,60-58-. The predicted octanol–water partition coefficient (Wildman–Crippen LogP) is 18.8. The first kappa shape index (κ1) is 77.9. The van der Waals surface area contributed by atoms with Gasteiger partial charge in [-0.3, -0.25) is 9.59 Å². The third-order valence-electron chi connectivity index (χ3n) is 13.3. The Morgan fingerprint density at radius 1 is 0.361 bits per heavy atom. The number of likely N-dealkylation sites (N-methyl/N-ethyl adjacent to an activating group) is 1. The molecule has 468 valence electrons. The van der Waals surface area contributed by atoms with Gasteiger partial charge in [0, 0.05) is 12.8 Å². The molecular formula is C74H119NO8. The molecule has 0 saturated carbocycles. The monoisotopic (exact) mass is 1150 g/mol. The van der Waals surface area contributed by atoms with Crippen LogP contribution < -0.4 is 5.11 Å². The molecule has 0 spiro atoms. The molecule has 0 amide bonds. The Bertz CT molecular complexity index is 1920. The van der Waals surface area contributed by atoms with E-state index in [1.807, 2.05) is 33.3 Å². The highest BCUT2D eigenvalue weighted by atomic mass is 16.7. The van der Waals surface area contributed by atoms with Gasteiger partial charge in [-0.1, -0.05) is 268 Å². The first-order valence-electron chi connectivity index (χ1n) is 32.6. The van der Waals surface area contributed by atoms with Gasteiger partial charge in [-0.25, -0.2) is 0 Å². The van der Waals surface area contributed by atoms with E-state index in [0.29, 0.717) is 23.9 Å². The summed E-state index contributed by atoms with van der Waals surface area (Å²) in [6.07, 6.45) is 90.5. The Balaban J connectivity index is 4.16. The minimum atomic E-state index is -1.65. The zero-order valence-corrected chi connectivity index (χ0v) is 53.2. The van der Waals surface area contributed by atoms with Crippen molar-refractivity contribution in [3.05, 3.63) is 158 Å². The van der Waals surface area contributed by atoms with Crippen LogP contribution in [0.5, 0.6) is 0 Å². The summed E-state index contributed by atoms with van der Waals surface area (Å²) in [6, 6.07) is 0. The van der Waals surface area contributed by atoms with Crippen LogP contribution in [0, 0.1) is 0 Å². The van der Waals surface area contributed by atoms with E-state index in [0.717, 1.165) is 103 Å². The minimum Gasteiger partial charge on any atom is -0.545 e. The van der Waals surface area contributed by atoms with Crippen molar-refractivity contribution in [1.82, 2.24) is 0 Å². The molecule has 0 radical (unpaired) electrons. The molecule has 0 aliphatic heterocycles. The maximum atomic E-state index is 12.9. The Morgan fingerprint density at radius 2 is 0.675 bits per heavy atom. The van der Waals surface area contributed by atoms with E-state index in [2.05, 4.69) is 160 Å². The van der Waals surface area contributed by atoms with Crippen LogP contribution in [0.3, 0.4) is 0 Å². The fraction of sp³-hybridized carbons (Fsp3) is 0.608. The molecule has 0 rings (SSSR count). The molecule has 2 unspecified atom stereocenters. The molecule has 9 nitrogen and oxygen atoms in total. The number of ether oxygens (including phenoxy) is 4. The van der Waals surface area contributed by atoms with Crippen molar-refractivity contribution >= 4 is 17.9 Å². The highest BCUT2D eigenvalue weighted by Gasteiger charge is 2.22. The van der Waals surface area contributed by atoms with Crippen LogP contribution in [0.15, 0.2) is 158 Å². The number of carbonyl (C=O) groups excluding carboxylic acids is 3. The van der Waals surface area contributed by atoms with Gasteiger partial charge in [-0.05, 0) is 109 Å². The number of esters is 2. The van der Waals surface area contributed by atoms with Crippen LogP contribution >= 0.6 is 0 Å². The second kappa shape index (κ2) is 62.9. The van der Waals surface area contributed by atoms with E-state index in [1.165, 1.54) is 89.9 Å². The average molecular weight is 1150 g/mol. The summed E-state index contributed by atoms with van der Waals surface area (Å²) in [5, 5.41) is 11.8. The van der Waals surface area contributed by atoms with Crippen LogP contribution in [0.25, 0.3) is 0 Å². The third-order valence-corrected chi connectivity index (χ3v) is 13.3. The van der Waals surface area contributed by atoms with Gasteiger partial charge in [0.25, 0.3) is 0 Å². The van der Waals surface area contributed by atoms with Crippen molar-refractivity contribution in [1.29, 1.82) is 0 Å². The first-order chi connectivity index (χ1) is 40.6. The fourth-order valence-electron chi connectivity index (χ4n) is 8.37.